The molecule has 8 heteroatoms. The number of rotatable bonds is 4. The summed E-state index contributed by atoms with van der Waals surface area (Å²) in [4.78, 5) is 15.5. The maximum atomic E-state index is 12.3. The lowest BCUT2D eigenvalue weighted by Gasteiger charge is -2.11. The van der Waals surface area contributed by atoms with Crippen LogP contribution in [0.25, 0.3) is 4.85 Å². The lowest BCUT2D eigenvalue weighted by molar-refractivity contribution is 0.105. The smallest absolute Gasteiger partial charge is 0.343 e. The Labute approximate surface area is 149 Å². The molecule has 2 rings (SSSR count). The number of hydrogen-bond donors (Lipinski definition) is 1. The second-order valence-corrected chi connectivity index (χ2v) is 6.78. The number of hydrazone groups is 1. The van der Waals surface area contributed by atoms with E-state index in [0.29, 0.717) is 21.5 Å². The molecule has 0 unspecified atom stereocenters. The van der Waals surface area contributed by atoms with Gasteiger partial charge in [0.2, 0.25) is 5.78 Å². The van der Waals surface area contributed by atoms with Crippen LogP contribution in [0.5, 0.6) is 0 Å². The Morgan fingerprint density at radius 1 is 1.33 bits per heavy atom. The molecule has 24 heavy (non-hydrogen) atoms. The average molecular weight is 365 g/mol. The highest BCUT2D eigenvalue weighted by Gasteiger charge is 2.25. The topological polar surface area (TPSA) is 71.8 Å². The monoisotopic (exact) mass is 364 g/mol. The third-order valence-electron chi connectivity index (χ3n) is 3.00. The Bertz CT molecular complexity index is 844. The zero-order valence-corrected chi connectivity index (χ0v) is 14.7. The van der Waals surface area contributed by atoms with E-state index in [2.05, 4.69) is 20.5 Å². The zero-order chi connectivity index (χ0) is 17.9. The number of amidine groups is 1. The first-order valence-electron chi connectivity index (χ1n) is 6.90. The van der Waals surface area contributed by atoms with Gasteiger partial charge in [0.1, 0.15) is 11.5 Å². The fraction of sp³-hybridized carbons (Fsp3) is 0.250. The molecule has 0 spiro atoms. The lowest BCUT2D eigenvalue weighted by Crippen LogP contribution is -2.13. The summed E-state index contributed by atoms with van der Waals surface area (Å²) in [5.74, 6) is -0.490. The molecule has 0 saturated carbocycles. The Morgan fingerprint density at radius 2 is 2.04 bits per heavy atom. The molecule has 0 aliphatic carbocycles. The minimum Gasteiger partial charge on any atom is -0.360 e. The van der Waals surface area contributed by atoms with Gasteiger partial charge in [-0.2, -0.15) is 0 Å². The first-order chi connectivity index (χ1) is 11.2. The van der Waals surface area contributed by atoms with Crippen molar-refractivity contribution in [2.75, 3.05) is 5.43 Å². The van der Waals surface area contributed by atoms with Gasteiger partial charge in [0, 0.05) is 16.5 Å². The van der Waals surface area contributed by atoms with Crippen LogP contribution in [-0.4, -0.2) is 16.8 Å². The van der Waals surface area contributed by atoms with Gasteiger partial charge in [0.15, 0.2) is 0 Å². The van der Waals surface area contributed by atoms with Crippen LogP contribution in [0.2, 0.25) is 10.0 Å². The molecule has 1 N–H and O–H groups in total. The van der Waals surface area contributed by atoms with Gasteiger partial charge < -0.3 is 9.37 Å². The lowest BCUT2D eigenvalue weighted by atomic mass is 9.93. The number of nitrogens with zero attached hydrogens (tertiary/aromatic N) is 3. The number of nitrogens with one attached hydrogen (secondary N) is 1. The number of benzene rings is 1. The Kier molecular flexibility index (Phi) is 5.27. The molecule has 6 nitrogen and oxygen atoms in total. The Balaban J connectivity index is 2.24. The maximum absolute atomic E-state index is 12.3. The number of carbonyl (C=O) groups excluding carboxylic acids is 1. The van der Waals surface area contributed by atoms with Gasteiger partial charge >= 0.3 is 5.84 Å². The largest absolute Gasteiger partial charge is 0.360 e. The van der Waals surface area contributed by atoms with Crippen molar-refractivity contribution in [2.24, 2.45) is 5.10 Å². The summed E-state index contributed by atoms with van der Waals surface area (Å²) in [7, 11) is 0. The molecule has 124 valence electrons. The highest BCUT2D eigenvalue weighted by atomic mass is 35.5. The van der Waals surface area contributed by atoms with Crippen molar-refractivity contribution in [3.8, 4) is 0 Å². The van der Waals surface area contributed by atoms with E-state index in [1.54, 1.807) is 12.1 Å². The van der Waals surface area contributed by atoms with Crippen LogP contribution in [0.1, 0.15) is 37.0 Å². The molecule has 0 aliphatic heterocycles. The number of halogens is 2. The number of carbonyl (C=O) groups is 1. The maximum Gasteiger partial charge on any atom is 0.343 e. The second-order valence-electron chi connectivity index (χ2n) is 5.94. The molecule has 2 aromatic rings. The standard InChI is InChI=1S/C16H14Cl2N4O2/c1-16(2,3)13-8-12(22-24-13)14(23)15(19-4)21-20-11-7-9(17)5-6-10(11)18/h5-8,20H,1-3H3/b21-15+. The Morgan fingerprint density at radius 3 is 2.62 bits per heavy atom. The fourth-order valence-electron chi connectivity index (χ4n) is 1.67. The summed E-state index contributed by atoms with van der Waals surface area (Å²) in [6.07, 6.45) is 0. The van der Waals surface area contributed by atoms with Crippen LogP contribution < -0.4 is 5.43 Å². The fourth-order valence-corrected chi connectivity index (χ4v) is 2.01. The molecular weight excluding hydrogens is 351 g/mol. The number of anilines is 1. The summed E-state index contributed by atoms with van der Waals surface area (Å²) in [6, 6.07) is 6.24. The molecule has 0 radical (unpaired) electrons. The highest BCUT2D eigenvalue weighted by Crippen LogP contribution is 2.26. The normalized spacial score (nSPS) is 11.9. The number of hydrogen-bond acceptors (Lipinski definition) is 5. The zero-order valence-electron chi connectivity index (χ0n) is 13.2. The van der Waals surface area contributed by atoms with Gasteiger partial charge in [-0.25, -0.2) is 5.43 Å². The van der Waals surface area contributed by atoms with E-state index in [0.717, 1.165) is 0 Å². The second kappa shape index (κ2) is 7.04. The van der Waals surface area contributed by atoms with Crippen LogP contribution in [-0.2, 0) is 5.41 Å². The van der Waals surface area contributed by atoms with Crippen molar-refractivity contribution >= 4 is 40.5 Å². The van der Waals surface area contributed by atoms with Crippen molar-refractivity contribution < 1.29 is 9.32 Å². The summed E-state index contributed by atoms with van der Waals surface area (Å²) >= 11 is 11.9. The molecule has 1 aromatic carbocycles. The van der Waals surface area contributed by atoms with Gasteiger partial charge in [-0.15, -0.1) is 0 Å². The first kappa shape index (κ1) is 18.0. The molecule has 1 aromatic heterocycles. The minimum atomic E-state index is -0.644. The van der Waals surface area contributed by atoms with Gasteiger partial charge in [0.25, 0.3) is 0 Å². The van der Waals surface area contributed by atoms with Crippen molar-refractivity contribution in [1.82, 2.24) is 5.16 Å². The third kappa shape index (κ3) is 4.13. The highest BCUT2D eigenvalue weighted by molar-refractivity contribution is 6.48. The summed E-state index contributed by atoms with van der Waals surface area (Å²) in [6.45, 7) is 12.9. The molecule has 0 aliphatic rings. The summed E-state index contributed by atoms with van der Waals surface area (Å²) < 4.78 is 5.15. The predicted molar refractivity (Wildman–Crippen MR) is 93.7 cm³/mol. The van der Waals surface area contributed by atoms with E-state index in [-0.39, 0.29) is 16.9 Å². The average Bonchev–Trinajstić information content (AvgIpc) is 3.01. The van der Waals surface area contributed by atoms with Crippen LogP contribution in [0.4, 0.5) is 5.69 Å². The van der Waals surface area contributed by atoms with Crippen LogP contribution in [0.15, 0.2) is 33.9 Å². The van der Waals surface area contributed by atoms with E-state index < -0.39 is 5.78 Å². The SMILES string of the molecule is [C-]#[N+]/C(=N/Nc1cc(Cl)ccc1Cl)C(=O)c1cc(C(C)(C)C)on1. The van der Waals surface area contributed by atoms with Crippen molar-refractivity contribution in [3.63, 3.8) is 0 Å². The number of ketones is 1. The van der Waals surface area contributed by atoms with Gasteiger partial charge in [-0.1, -0.05) is 55.7 Å². The minimum absolute atomic E-state index is 0.0219. The van der Waals surface area contributed by atoms with Gasteiger partial charge in [-0.3, -0.25) is 4.79 Å². The molecule has 0 saturated heterocycles. The molecule has 1 heterocycles. The third-order valence-corrected chi connectivity index (χ3v) is 3.57. The summed E-state index contributed by atoms with van der Waals surface area (Å²) in [5, 5.41) is 8.32. The number of Topliss-reactive ketones (excluding diaryl/α,β-unsaturated/α-hetero) is 1. The molecule has 0 atom stereocenters. The number of aromatic nitrogens is 1. The molecule has 0 fully saturated rings. The van der Waals surface area contributed by atoms with Crippen molar-refractivity contribution in [3.05, 3.63) is 57.2 Å². The molecular formula is C16H14Cl2N4O2. The molecule has 0 bridgehead atoms. The van der Waals surface area contributed by atoms with E-state index in [4.69, 9.17) is 34.3 Å². The van der Waals surface area contributed by atoms with E-state index in [1.807, 2.05) is 20.8 Å². The van der Waals surface area contributed by atoms with Crippen LogP contribution in [0, 0.1) is 6.57 Å². The van der Waals surface area contributed by atoms with Gasteiger partial charge in [0.05, 0.1) is 10.7 Å². The Hall–Kier alpha value is -2.36. The van der Waals surface area contributed by atoms with E-state index in [9.17, 15) is 4.79 Å². The van der Waals surface area contributed by atoms with E-state index >= 15 is 0 Å². The first-order valence-corrected chi connectivity index (χ1v) is 7.66. The predicted octanol–water partition coefficient (Wildman–Crippen LogP) is 4.81. The van der Waals surface area contributed by atoms with Crippen LogP contribution >= 0.6 is 23.2 Å². The van der Waals surface area contributed by atoms with E-state index in [1.165, 1.54) is 12.1 Å². The van der Waals surface area contributed by atoms with Crippen LogP contribution in [0.3, 0.4) is 0 Å². The summed E-state index contributed by atoms with van der Waals surface area (Å²) in [5.41, 5.74) is 2.68. The van der Waals surface area contributed by atoms with Crippen molar-refractivity contribution in [2.45, 2.75) is 26.2 Å². The van der Waals surface area contributed by atoms with Crippen molar-refractivity contribution in [1.29, 1.82) is 0 Å². The molecule has 0 amide bonds. The van der Waals surface area contributed by atoms with Gasteiger partial charge in [-0.05, 0) is 23.3 Å². The quantitative estimate of drug-likeness (QED) is 0.278.